The van der Waals surface area contributed by atoms with Crippen molar-refractivity contribution in [1.29, 1.82) is 0 Å². The van der Waals surface area contributed by atoms with Gasteiger partial charge in [0.05, 0.1) is 17.4 Å². The van der Waals surface area contributed by atoms with Crippen LogP contribution in [0.15, 0.2) is 30.5 Å². The van der Waals surface area contributed by atoms with Crippen LogP contribution in [0, 0.1) is 6.92 Å². The van der Waals surface area contributed by atoms with E-state index in [2.05, 4.69) is 19.9 Å². The summed E-state index contributed by atoms with van der Waals surface area (Å²) in [6.07, 6.45) is 2.01. The average molecular weight is 473 g/mol. The molecular weight excluding hydrogens is 445 g/mol. The summed E-state index contributed by atoms with van der Waals surface area (Å²) in [5.41, 5.74) is -0.515. The molecule has 180 valence electrons. The fourth-order valence-electron chi connectivity index (χ4n) is 5.11. The molecular formula is C24H27F3N6O. The first-order valence-corrected chi connectivity index (χ1v) is 11.8. The summed E-state index contributed by atoms with van der Waals surface area (Å²) in [6.45, 7) is 3.30. The van der Waals surface area contributed by atoms with E-state index in [1.54, 1.807) is 31.2 Å². The number of aryl methyl sites for hydroxylation is 2. The van der Waals surface area contributed by atoms with Gasteiger partial charge in [0.2, 0.25) is 0 Å². The van der Waals surface area contributed by atoms with Crippen molar-refractivity contribution < 1.29 is 18.0 Å². The zero-order valence-electron chi connectivity index (χ0n) is 19.1. The minimum Gasteiger partial charge on any atom is -0.338 e. The van der Waals surface area contributed by atoms with Gasteiger partial charge in [0.25, 0.3) is 5.91 Å². The van der Waals surface area contributed by atoms with Crippen molar-refractivity contribution in [2.24, 2.45) is 0 Å². The number of fused-ring (bicyclic) bond motifs is 1. The normalized spacial score (nSPS) is 19.1. The van der Waals surface area contributed by atoms with Crippen molar-refractivity contribution in [1.82, 2.24) is 29.4 Å². The maximum absolute atomic E-state index is 14.2. The second-order valence-corrected chi connectivity index (χ2v) is 9.13. The number of hydrogen-bond donors (Lipinski definition) is 0. The van der Waals surface area contributed by atoms with Crippen molar-refractivity contribution in [3.8, 4) is 5.69 Å². The SMILES string of the molecule is Cc1ccccc1-n1ncc(C(=O)N2CCCC(c3nnc4n3CCCCC4)C2)c1C(F)(F)F. The lowest BCUT2D eigenvalue weighted by atomic mass is 9.96. The number of carbonyl (C=O) groups is 1. The van der Waals surface area contributed by atoms with Crippen molar-refractivity contribution in [3.63, 3.8) is 0 Å². The third kappa shape index (κ3) is 4.10. The Balaban J connectivity index is 1.45. The predicted molar refractivity (Wildman–Crippen MR) is 119 cm³/mol. The molecule has 0 N–H and O–H groups in total. The molecule has 1 amide bonds. The number of benzene rings is 1. The molecule has 0 spiro atoms. The number of para-hydroxylation sites is 1. The van der Waals surface area contributed by atoms with Gasteiger partial charge in [-0.1, -0.05) is 24.6 Å². The number of hydrogen-bond acceptors (Lipinski definition) is 4. The molecule has 1 saturated heterocycles. The second-order valence-electron chi connectivity index (χ2n) is 9.13. The van der Waals surface area contributed by atoms with Crippen LogP contribution in [0.1, 0.15) is 71.3 Å². The Labute approximate surface area is 195 Å². The van der Waals surface area contributed by atoms with Gasteiger partial charge in [-0.15, -0.1) is 10.2 Å². The lowest BCUT2D eigenvalue weighted by Gasteiger charge is -2.32. The standard InChI is InChI=1S/C24H27F3N6O/c1-16-8-4-5-10-19(16)33-21(24(25,26)27)18(14-28-33)23(34)31-12-7-9-17(15-31)22-30-29-20-11-3-2-6-13-32(20)22/h4-5,8,10,14,17H,2-3,6-7,9,11-13,15H2,1H3. The summed E-state index contributed by atoms with van der Waals surface area (Å²) < 4.78 is 45.5. The van der Waals surface area contributed by atoms with Gasteiger partial charge in [-0.25, -0.2) is 4.68 Å². The summed E-state index contributed by atoms with van der Waals surface area (Å²) in [7, 11) is 0. The Bertz CT molecular complexity index is 1200. The molecule has 2 aliphatic heterocycles. The molecule has 1 unspecified atom stereocenters. The predicted octanol–water partition coefficient (Wildman–Crippen LogP) is 4.54. The topological polar surface area (TPSA) is 68.8 Å². The van der Waals surface area contributed by atoms with Crippen LogP contribution >= 0.6 is 0 Å². The molecule has 10 heteroatoms. The minimum atomic E-state index is -4.73. The maximum atomic E-state index is 14.2. The Morgan fingerprint density at radius 1 is 1.06 bits per heavy atom. The first kappa shape index (κ1) is 22.6. The Kier molecular flexibility index (Phi) is 5.91. The molecule has 4 heterocycles. The number of likely N-dealkylation sites (tertiary alicyclic amines) is 1. The van der Waals surface area contributed by atoms with Gasteiger partial charge in [0, 0.05) is 32.0 Å². The highest BCUT2D eigenvalue weighted by atomic mass is 19.4. The van der Waals surface area contributed by atoms with E-state index in [4.69, 9.17) is 0 Å². The molecule has 34 heavy (non-hydrogen) atoms. The van der Waals surface area contributed by atoms with Crippen LogP contribution in [0.2, 0.25) is 0 Å². The second kappa shape index (κ2) is 8.88. The lowest BCUT2D eigenvalue weighted by molar-refractivity contribution is -0.143. The van der Waals surface area contributed by atoms with Crippen molar-refractivity contribution >= 4 is 5.91 Å². The quantitative estimate of drug-likeness (QED) is 0.561. The summed E-state index contributed by atoms with van der Waals surface area (Å²) in [5, 5.41) is 12.8. The zero-order chi connectivity index (χ0) is 23.9. The molecule has 0 bridgehead atoms. The lowest BCUT2D eigenvalue weighted by Crippen LogP contribution is -2.40. The summed E-state index contributed by atoms with van der Waals surface area (Å²) in [4.78, 5) is 14.9. The van der Waals surface area contributed by atoms with Gasteiger partial charge in [0.15, 0.2) is 5.69 Å². The summed E-state index contributed by atoms with van der Waals surface area (Å²) >= 11 is 0. The molecule has 0 aliphatic carbocycles. The third-order valence-corrected chi connectivity index (χ3v) is 6.82. The number of halogens is 3. The van der Waals surface area contributed by atoms with Gasteiger partial charge in [-0.3, -0.25) is 4.79 Å². The van der Waals surface area contributed by atoms with Crippen molar-refractivity contribution in [2.45, 2.75) is 64.1 Å². The highest BCUT2D eigenvalue weighted by Gasteiger charge is 2.42. The number of carbonyl (C=O) groups excluding carboxylic acids is 1. The molecule has 1 atom stereocenters. The molecule has 1 fully saturated rings. The molecule has 2 aliphatic rings. The van der Waals surface area contributed by atoms with Crippen LogP contribution < -0.4 is 0 Å². The highest BCUT2D eigenvalue weighted by Crippen LogP contribution is 2.36. The molecule has 3 aromatic rings. The van der Waals surface area contributed by atoms with E-state index in [0.717, 1.165) is 61.2 Å². The highest BCUT2D eigenvalue weighted by molar-refractivity contribution is 5.95. The zero-order valence-corrected chi connectivity index (χ0v) is 19.1. The molecule has 2 aromatic heterocycles. The average Bonchev–Trinajstić information content (AvgIpc) is 3.37. The van der Waals surface area contributed by atoms with Crippen LogP contribution in [-0.2, 0) is 19.1 Å². The van der Waals surface area contributed by atoms with Gasteiger partial charge in [-0.2, -0.15) is 18.3 Å². The first-order valence-electron chi connectivity index (χ1n) is 11.8. The number of aromatic nitrogens is 5. The van der Waals surface area contributed by atoms with Crippen LogP contribution in [-0.4, -0.2) is 48.4 Å². The van der Waals surface area contributed by atoms with Crippen LogP contribution in [0.3, 0.4) is 0 Å². The van der Waals surface area contributed by atoms with Crippen LogP contribution in [0.4, 0.5) is 13.2 Å². The number of amides is 1. The van der Waals surface area contributed by atoms with Crippen molar-refractivity contribution in [3.05, 3.63) is 58.9 Å². The monoisotopic (exact) mass is 472 g/mol. The number of nitrogens with zero attached hydrogens (tertiary/aromatic N) is 6. The maximum Gasteiger partial charge on any atom is 0.434 e. The molecule has 5 rings (SSSR count). The van der Waals surface area contributed by atoms with Crippen LogP contribution in [0.25, 0.3) is 5.69 Å². The Morgan fingerprint density at radius 3 is 2.68 bits per heavy atom. The Hall–Kier alpha value is -3.17. The summed E-state index contributed by atoms with van der Waals surface area (Å²) in [6, 6.07) is 6.69. The Morgan fingerprint density at radius 2 is 1.88 bits per heavy atom. The third-order valence-electron chi connectivity index (χ3n) is 6.82. The number of piperidine rings is 1. The van der Waals surface area contributed by atoms with Gasteiger partial charge in [0.1, 0.15) is 11.6 Å². The van der Waals surface area contributed by atoms with E-state index in [-0.39, 0.29) is 5.92 Å². The molecule has 7 nitrogen and oxygen atoms in total. The minimum absolute atomic E-state index is 0.0437. The van der Waals surface area contributed by atoms with E-state index in [0.29, 0.717) is 30.8 Å². The van der Waals surface area contributed by atoms with Gasteiger partial charge < -0.3 is 9.47 Å². The molecule has 0 saturated carbocycles. The van der Waals surface area contributed by atoms with E-state index in [1.807, 2.05) is 0 Å². The van der Waals surface area contributed by atoms with Crippen molar-refractivity contribution in [2.75, 3.05) is 13.1 Å². The van der Waals surface area contributed by atoms with E-state index < -0.39 is 23.3 Å². The smallest absolute Gasteiger partial charge is 0.338 e. The largest absolute Gasteiger partial charge is 0.434 e. The summed E-state index contributed by atoms with van der Waals surface area (Å²) in [5.74, 6) is 1.13. The number of alkyl halides is 3. The number of rotatable bonds is 3. The van der Waals surface area contributed by atoms with E-state index >= 15 is 0 Å². The van der Waals surface area contributed by atoms with Gasteiger partial charge in [-0.05, 0) is 44.2 Å². The first-order chi connectivity index (χ1) is 16.3. The molecule has 1 aromatic carbocycles. The van der Waals surface area contributed by atoms with Crippen LogP contribution in [0.5, 0.6) is 0 Å². The van der Waals surface area contributed by atoms with Gasteiger partial charge >= 0.3 is 6.18 Å². The fraction of sp³-hybridized carbons (Fsp3) is 0.500. The molecule has 0 radical (unpaired) electrons. The van der Waals surface area contributed by atoms with E-state index in [1.165, 1.54) is 4.90 Å². The fourth-order valence-corrected chi connectivity index (χ4v) is 5.11. The van der Waals surface area contributed by atoms with E-state index in [9.17, 15) is 18.0 Å².